The zero-order chi connectivity index (χ0) is 14.1. The van der Waals surface area contributed by atoms with Gasteiger partial charge in [-0.05, 0) is 47.9 Å². The number of carbonyl (C=O) groups is 1. The maximum atomic E-state index is 11.4. The minimum atomic E-state index is -0.145. The van der Waals surface area contributed by atoms with Gasteiger partial charge in [-0.2, -0.15) is 5.26 Å². The van der Waals surface area contributed by atoms with Gasteiger partial charge in [-0.15, -0.1) is 0 Å². The van der Waals surface area contributed by atoms with E-state index in [9.17, 15) is 4.79 Å². The number of benzene rings is 2. The molecule has 0 aromatic heterocycles. The Morgan fingerprint density at radius 3 is 2.65 bits per heavy atom. The summed E-state index contributed by atoms with van der Waals surface area (Å²) in [5.74, 6) is 0.580. The number of hydrogen-bond donors (Lipinski definition) is 1. The second kappa shape index (κ2) is 4.71. The standard InChI is InChI=1S/C16H12N2O2/c1-10-6-13(12-4-2-11(8-17)3-5-12)7-14-16(10)20-9-15(19)18-14/h2-7H,9H2,1H3,(H,18,19). The number of fused-ring (bicyclic) bond motifs is 1. The van der Waals surface area contributed by atoms with Crippen LogP contribution >= 0.6 is 0 Å². The molecule has 0 saturated heterocycles. The minimum Gasteiger partial charge on any atom is -0.481 e. The van der Waals surface area contributed by atoms with E-state index in [1.54, 1.807) is 12.1 Å². The van der Waals surface area contributed by atoms with Crippen LogP contribution in [0.3, 0.4) is 0 Å². The van der Waals surface area contributed by atoms with Crippen molar-refractivity contribution in [2.75, 3.05) is 11.9 Å². The molecule has 0 fully saturated rings. The maximum absolute atomic E-state index is 11.4. The zero-order valence-corrected chi connectivity index (χ0v) is 10.9. The fourth-order valence-corrected chi connectivity index (χ4v) is 2.29. The van der Waals surface area contributed by atoms with Crippen LogP contribution < -0.4 is 10.1 Å². The molecule has 1 aliphatic heterocycles. The summed E-state index contributed by atoms with van der Waals surface area (Å²) in [5, 5.41) is 11.6. The largest absolute Gasteiger partial charge is 0.481 e. The molecule has 0 radical (unpaired) electrons. The Morgan fingerprint density at radius 2 is 1.95 bits per heavy atom. The number of amides is 1. The molecule has 0 atom stereocenters. The molecule has 3 rings (SSSR count). The van der Waals surface area contributed by atoms with Gasteiger partial charge in [0.15, 0.2) is 6.61 Å². The lowest BCUT2D eigenvalue weighted by atomic mass is 10.00. The predicted molar refractivity (Wildman–Crippen MR) is 75.5 cm³/mol. The van der Waals surface area contributed by atoms with Gasteiger partial charge in [0.2, 0.25) is 0 Å². The molecular weight excluding hydrogens is 252 g/mol. The summed E-state index contributed by atoms with van der Waals surface area (Å²) in [4.78, 5) is 11.4. The van der Waals surface area contributed by atoms with Gasteiger partial charge in [0, 0.05) is 0 Å². The Bertz CT molecular complexity index is 727. The number of anilines is 1. The van der Waals surface area contributed by atoms with Crippen molar-refractivity contribution in [1.29, 1.82) is 5.26 Å². The van der Waals surface area contributed by atoms with Crippen molar-refractivity contribution < 1.29 is 9.53 Å². The normalized spacial score (nSPS) is 12.9. The van der Waals surface area contributed by atoms with E-state index in [0.717, 1.165) is 22.4 Å². The number of rotatable bonds is 1. The summed E-state index contributed by atoms with van der Waals surface area (Å²) >= 11 is 0. The fourth-order valence-electron chi connectivity index (χ4n) is 2.29. The van der Waals surface area contributed by atoms with Gasteiger partial charge < -0.3 is 10.1 Å². The number of nitrogens with zero attached hydrogens (tertiary/aromatic N) is 1. The molecule has 98 valence electrons. The molecule has 0 spiro atoms. The van der Waals surface area contributed by atoms with Crippen LogP contribution in [0.1, 0.15) is 11.1 Å². The first-order valence-electron chi connectivity index (χ1n) is 6.25. The van der Waals surface area contributed by atoms with Crippen molar-refractivity contribution in [3.05, 3.63) is 47.5 Å². The predicted octanol–water partition coefficient (Wildman–Crippen LogP) is 2.86. The van der Waals surface area contributed by atoms with E-state index >= 15 is 0 Å². The highest BCUT2D eigenvalue weighted by Crippen LogP contribution is 2.36. The lowest BCUT2D eigenvalue weighted by Crippen LogP contribution is -2.25. The Hall–Kier alpha value is -2.80. The van der Waals surface area contributed by atoms with Gasteiger partial charge >= 0.3 is 0 Å². The maximum Gasteiger partial charge on any atom is 0.262 e. The summed E-state index contributed by atoms with van der Waals surface area (Å²) in [6.45, 7) is 2.01. The van der Waals surface area contributed by atoms with Crippen molar-refractivity contribution in [2.45, 2.75) is 6.92 Å². The molecule has 0 bridgehead atoms. The van der Waals surface area contributed by atoms with E-state index in [2.05, 4.69) is 11.4 Å². The van der Waals surface area contributed by atoms with E-state index in [4.69, 9.17) is 10.00 Å². The van der Waals surface area contributed by atoms with Gasteiger partial charge in [-0.25, -0.2) is 0 Å². The number of nitriles is 1. The third kappa shape index (κ3) is 2.10. The fraction of sp³-hybridized carbons (Fsp3) is 0.125. The number of carbonyl (C=O) groups excluding carboxylic acids is 1. The molecular formula is C16H12N2O2. The third-order valence-corrected chi connectivity index (χ3v) is 3.24. The number of hydrogen-bond acceptors (Lipinski definition) is 3. The SMILES string of the molecule is Cc1cc(-c2ccc(C#N)cc2)cc2c1OCC(=O)N2. The molecule has 0 unspecified atom stereocenters. The molecule has 2 aromatic rings. The van der Waals surface area contributed by atoms with E-state index in [-0.39, 0.29) is 12.5 Å². The van der Waals surface area contributed by atoms with Crippen LogP contribution in [0.4, 0.5) is 5.69 Å². The topological polar surface area (TPSA) is 62.1 Å². The van der Waals surface area contributed by atoms with Crippen LogP contribution in [0.15, 0.2) is 36.4 Å². The van der Waals surface area contributed by atoms with E-state index in [1.807, 2.05) is 31.2 Å². The highest BCUT2D eigenvalue weighted by molar-refractivity contribution is 5.96. The van der Waals surface area contributed by atoms with Gasteiger partial charge in [0.05, 0.1) is 17.3 Å². The second-order valence-electron chi connectivity index (χ2n) is 4.70. The first kappa shape index (κ1) is 12.2. The second-order valence-corrected chi connectivity index (χ2v) is 4.70. The van der Waals surface area contributed by atoms with Gasteiger partial charge in [-0.3, -0.25) is 4.79 Å². The molecule has 1 heterocycles. The summed E-state index contributed by atoms with van der Waals surface area (Å²) in [7, 11) is 0. The molecule has 1 aliphatic rings. The quantitative estimate of drug-likeness (QED) is 0.861. The Morgan fingerprint density at radius 1 is 1.20 bits per heavy atom. The number of nitrogens with one attached hydrogen (secondary N) is 1. The van der Waals surface area contributed by atoms with Gasteiger partial charge in [0.25, 0.3) is 5.91 Å². The monoisotopic (exact) mass is 264 g/mol. The van der Waals surface area contributed by atoms with E-state index < -0.39 is 0 Å². The van der Waals surface area contributed by atoms with E-state index in [0.29, 0.717) is 11.3 Å². The molecule has 1 N–H and O–H groups in total. The number of ether oxygens (including phenoxy) is 1. The molecule has 2 aromatic carbocycles. The average molecular weight is 264 g/mol. The molecule has 1 amide bonds. The summed E-state index contributed by atoms with van der Waals surface area (Å²) < 4.78 is 5.44. The van der Waals surface area contributed by atoms with Crippen LogP contribution in [-0.4, -0.2) is 12.5 Å². The first-order valence-corrected chi connectivity index (χ1v) is 6.25. The van der Waals surface area contributed by atoms with Crippen molar-refractivity contribution in [1.82, 2.24) is 0 Å². The smallest absolute Gasteiger partial charge is 0.262 e. The minimum absolute atomic E-state index is 0.0596. The van der Waals surface area contributed by atoms with Crippen molar-refractivity contribution in [3.8, 4) is 22.9 Å². The van der Waals surface area contributed by atoms with Gasteiger partial charge in [-0.1, -0.05) is 12.1 Å². The Kier molecular flexibility index (Phi) is 2.88. The first-order chi connectivity index (χ1) is 9.67. The molecule has 0 aliphatic carbocycles. The lowest BCUT2D eigenvalue weighted by Gasteiger charge is -2.21. The summed E-state index contributed by atoms with van der Waals surface area (Å²) in [5.41, 5.74) is 4.27. The van der Waals surface area contributed by atoms with Crippen molar-refractivity contribution >= 4 is 11.6 Å². The number of aryl methyl sites for hydroxylation is 1. The van der Waals surface area contributed by atoms with Crippen molar-refractivity contribution in [2.24, 2.45) is 0 Å². The highest BCUT2D eigenvalue weighted by Gasteiger charge is 2.18. The average Bonchev–Trinajstić information content (AvgIpc) is 2.46. The Labute approximate surface area is 116 Å². The van der Waals surface area contributed by atoms with Crippen LogP contribution in [0.25, 0.3) is 11.1 Å². The molecule has 4 heteroatoms. The Balaban J connectivity index is 2.06. The third-order valence-electron chi connectivity index (χ3n) is 3.24. The van der Waals surface area contributed by atoms with Crippen LogP contribution in [-0.2, 0) is 4.79 Å². The van der Waals surface area contributed by atoms with Crippen LogP contribution in [0.5, 0.6) is 5.75 Å². The molecule has 4 nitrogen and oxygen atoms in total. The lowest BCUT2D eigenvalue weighted by molar-refractivity contribution is -0.118. The molecule has 20 heavy (non-hydrogen) atoms. The molecule has 0 saturated carbocycles. The van der Waals surface area contributed by atoms with Gasteiger partial charge in [0.1, 0.15) is 5.75 Å². The summed E-state index contributed by atoms with van der Waals surface area (Å²) in [6.07, 6.45) is 0. The van der Waals surface area contributed by atoms with Crippen molar-refractivity contribution in [3.63, 3.8) is 0 Å². The summed E-state index contributed by atoms with van der Waals surface area (Å²) in [6, 6.07) is 13.3. The zero-order valence-electron chi connectivity index (χ0n) is 10.9. The van der Waals surface area contributed by atoms with E-state index in [1.165, 1.54) is 0 Å². The van der Waals surface area contributed by atoms with Crippen LogP contribution in [0, 0.1) is 18.3 Å². The highest BCUT2D eigenvalue weighted by atomic mass is 16.5. The van der Waals surface area contributed by atoms with Crippen LogP contribution in [0.2, 0.25) is 0 Å².